The van der Waals surface area contributed by atoms with Crippen LogP contribution in [0.4, 0.5) is 0 Å². The maximum absolute atomic E-state index is 6.46. The highest BCUT2D eigenvalue weighted by molar-refractivity contribution is 6.02. The Morgan fingerprint density at radius 3 is 2.39 bits per heavy atom. The summed E-state index contributed by atoms with van der Waals surface area (Å²) in [4.78, 5) is 0. The van der Waals surface area contributed by atoms with Gasteiger partial charge < -0.3 is 14.2 Å². The largest absolute Gasteiger partial charge is 0.494 e. The first-order chi connectivity index (χ1) is 16.3. The molecule has 3 aromatic carbocycles. The van der Waals surface area contributed by atoms with Crippen molar-refractivity contribution in [1.82, 2.24) is 5.01 Å². The summed E-state index contributed by atoms with van der Waals surface area (Å²) in [5, 5.41) is 7.16. The Morgan fingerprint density at radius 2 is 1.64 bits per heavy atom. The molecule has 0 aliphatic carbocycles. The molecule has 2 aliphatic rings. The van der Waals surface area contributed by atoms with Crippen molar-refractivity contribution in [3.05, 3.63) is 89.5 Å². The van der Waals surface area contributed by atoms with Gasteiger partial charge in [0.15, 0.2) is 0 Å². The number of ether oxygens (including phenoxy) is 3. The SMILES string of the molecule is CCCCOc1ccc([C@@H]2Oc3ccccc3[C@H]3CC(c4ccc(OCC)cc4)=NN32)cc1. The number of hydrogen-bond donors (Lipinski definition) is 0. The summed E-state index contributed by atoms with van der Waals surface area (Å²) in [6, 6.07) is 24.9. The Labute approximate surface area is 195 Å². The van der Waals surface area contributed by atoms with Crippen molar-refractivity contribution in [2.45, 2.75) is 45.4 Å². The molecule has 0 aromatic heterocycles. The molecular weight excluding hydrogens is 412 g/mol. The number of hydrazone groups is 1. The quantitative estimate of drug-likeness (QED) is 0.373. The van der Waals surface area contributed by atoms with Crippen LogP contribution < -0.4 is 14.2 Å². The molecule has 0 amide bonds. The molecule has 5 rings (SSSR count). The summed E-state index contributed by atoms with van der Waals surface area (Å²) in [6.07, 6.45) is 2.74. The van der Waals surface area contributed by atoms with Crippen molar-refractivity contribution in [2.75, 3.05) is 13.2 Å². The van der Waals surface area contributed by atoms with E-state index in [0.29, 0.717) is 6.61 Å². The molecule has 170 valence electrons. The second-order valence-corrected chi connectivity index (χ2v) is 8.38. The van der Waals surface area contributed by atoms with Gasteiger partial charge in [-0.05, 0) is 73.5 Å². The number of fused-ring (bicyclic) bond motifs is 3. The Bertz CT molecular complexity index is 1110. The van der Waals surface area contributed by atoms with Gasteiger partial charge in [-0.25, -0.2) is 5.01 Å². The Kier molecular flexibility index (Phi) is 6.20. The predicted octanol–water partition coefficient (Wildman–Crippen LogP) is 6.51. The van der Waals surface area contributed by atoms with E-state index in [1.807, 2.05) is 37.3 Å². The van der Waals surface area contributed by atoms with Crippen LogP contribution in [0.25, 0.3) is 0 Å². The lowest BCUT2D eigenvalue weighted by atomic mass is 9.96. The molecule has 5 heteroatoms. The molecule has 0 N–H and O–H groups in total. The number of nitrogens with zero attached hydrogens (tertiary/aromatic N) is 2. The summed E-state index contributed by atoms with van der Waals surface area (Å²) < 4.78 is 17.9. The molecule has 0 radical (unpaired) electrons. The van der Waals surface area contributed by atoms with E-state index in [0.717, 1.165) is 60.0 Å². The smallest absolute Gasteiger partial charge is 0.213 e. The van der Waals surface area contributed by atoms with Gasteiger partial charge in [0, 0.05) is 17.5 Å². The maximum Gasteiger partial charge on any atom is 0.213 e. The van der Waals surface area contributed by atoms with Crippen LogP contribution in [-0.2, 0) is 0 Å². The third-order valence-electron chi connectivity index (χ3n) is 6.13. The fourth-order valence-electron chi connectivity index (χ4n) is 4.40. The first kappa shape index (κ1) is 21.4. The normalized spacial score (nSPS) is 18.7. The lowest BCUT2D eigenvalue weighted by Gasteiger charge is -2.38. The van der Waals surface area contributed by atoms with E-state index in [4.69, 9.17) is 19.3 Å². The third kappa shape index (κ3) is 4.40. The van der Waals surface area contributed by atoms with Crippen molar-refractivity contribution in [3.8, 4) is 17.2 Å². The van der Waals surface area contributed by atoms with Gasteiger partial charge in [-0.2, -0.15) is 5.10 Å². The van der Waals surface area contributed by atoms with Crippen molar-refractivity contribution in [1.29, 1.82) is 0 Å². The van der Waals surface area contributed by atoms with E-state index in [1.54, 1.807) is 0 Å². The van der Waals surface area contributed by atoms with Gasteiger partial charge in [0.25, 0.3) is 0 Å². The van der Waals surface area contributed by atoms with Gasteiger partial charge in [-0.3, -0.25) is 0 Å². The fourth-order valence-corrected chi connectivity index (χ4v) is 4.40. The number of benzene rings is 3. The monoisotopic (exact) mass is 442 g/mol. The molecule has 3 aromatic rings. The zero-order chi connectivity index (χ0) is 22.6. The summed E-state index contributed by atoms with van der Waals surface area (Å²) >= 11 is 0. The summed E-state index contributed by atoms with van der Waals surface area (Å²) in [5.41, 5.74) is 4.42. The van der Waals surface area contributed by atoms with Crippen molar-refractivity contribution in [3.63, 3.8) is 0 Å². The highest BCUT2D eigenvalue weighted by Crippen LogP contribution is 2.47. The van der Waals surface area contributed by atoms with Crippen LogP contribution in [0, 0.1) is 0 Å². The third-order valence-corrected chi connectivity index (χ3v) is 6.13. The standard InChI is InChI=1S/C28H30N2O3/c1-3-5-18-32-23-16-12-21(13-17-23)28-30-26(24-8-6-7-9-27(24)33-28)19-25(29-30)20-10-14-22(15-11-20)31-4-2/h6-17,26,28H,3-5,18-19H2,1-2H3/t26-,28+/m1/s1. The van der Waals surface area contributed by atoms with Gasteiger partial charge in [0.1, 0.15) is 17.2 Å². The summed E-state index contributed by atoms with van der Waals surface area (Å²) in [6.45, 7) is 5.56. The fraction of sp³-hybridized carbons (Fsp3) is 0.321. The molecule has 0 unspecified atom stereocenters. The number of hydrogen-bond acceptors (Lipinski definition) is 5. The van der Waals surface area contributed by atoms with Crippen LogP contribution in [0.2, 0.25) is 0 Å². The van der Waals surface area contributed by atoms with Crippen LogP contribution in [-0.4, -0.2) is 23.9 Å². The zero-order valence-electron chi connectivity index (χ0n) is 19.2. The molecule has 2 aliphatic heterocycles. The Balaban J connectivity index is 1.43. The van der Waals surface area contributed by atoms with Crippen molar-refractivity contribution >= 4 is 5.71 Å². The summed E-state index contributed by atoms with van der Waals surface area (Å²) in [7, 11) is 0. The molecule has 0 bridgehead atoms. The minimum absolute atomic E-state index is 0.141. The van der Waals surface area contributed by atoms with E-state index in [2.05, 4.69) is 54.4 Å². The van der Waals surface area contributed by atoms with Crippen LogP contribution in [0.5, 0.6) is 17.2 Å². The average molecular weight is 443 g/mol. The molecule has 0 fully saturated rings. The molecule has 5 nitrogen and oxygen atoms in total. The molecular formula is C28H30N2O3. The van der Waals surface area contributed by atoms with Gasteiger partial charge in [-0.15, -0.1) is 0 Å². The van der Waals surface area contributed by atoms with Crippen LogP contribution in [0.3, 0.4) is 0 Å². The molecule has 0 spiro atoms. The average Bonchev–Trinajstić information content (AvgIpc) is 3.31. The maximum atomic E-state index is 6.46. The van der Waals surface area contributed by atoms with E-state index in [1.165, 1.54) is 5.56 Å². The van der Waals surface area contributed by atoms with Gasteiger partial charge in [-0.1, -0.05) is 31.5 Å². The topological polar surface area (TPSA) is 43.3 Å². The second-order valence-electron chi connectivity index (χ2n) is 8.38. The lowest BCUT2D eigenvalue weighted by Crippen LogP contribution is -2.33. The molecule has 0 saturated carbocycles. The van der Waals surface area contributed by atoms with E-state index in [9.17, 15) is 0 Å². The number of para-hydroxylation sites is 1. The Morgan fingerprint density at radius 1 is 0.909 bits per heavy atom. The van der Waals surface area contributed by atoms with E-state index in [-0.39, 0.29) is 12.3 Å². The Hall–Kier alpha value is -3.47. The van der Waals surface area contributed by atoms with Crippen LogP contribution in [0.15, 0.2) is 77.9 Å². The summed E-state index contributed by atoms with van der Waals surface area (Å²) in [5.74, 6) is 2.69. The number of unbranched alkanes of at least 4 members (excludes halogenated alkanes) is 1. The van der Waals surface area contributed by atoms with Crippen LogP contribution >= 0.6 is 0 Å². The lowest BCUT2D eigenvalue weighted by molar-refractivity contribution is -0.0190. The van der Waals surface area contributed by atoms with Gasteiger partial charge >= 0.3 is 0 Å². The first-order valence-corrected chi connectivity index (χ1v) is 11.8. The second kappa shape index (κ2) is 9.57. The molecule has 2 heterocycles. The van der Waals surface area contributed by atoms with Crippen molar-refractivity contribution in [2.24, 2.45) is 5.10 Å². The zero-order valence-corrected chi connectivity index (χ0v) is 19.2. The van der Waals surface area contributed by atoms with E-state index >= 15 is 0 Å². The van der Waals surface area contributed by atoms with Gasteiger partial charge in [0.2, 0.25) is 6.23 Å². The van der Waals surface area contributed by atoms with Crippen LogP contribution in [0.1, 0.15) is 62.1 Å². The number of rotatable bonds is 8. The minimum atomic E-state index is -0.283. The van der Waals surface area contributed by atoms with E-state index < -0.39 is 0 Å². The highest BCUT2D eigenvalue weighted by atomic mass is 16.5. The highest BCUT2D eigenvalue weighted by Gasteiger charge is 2.40. The molecule has 0 saturated heterocycles. The minimum Gasteiger partial charge on any atom is -0.494 e. The first-order valence-electron chi connectivity index (χ1n) is 11.8. The molecule has 33 heavy (non-hydrogen) atoms. The van der Waals surface area contributed by atoms with Crippen molar-refractivity contribution < 1.29 is 14.2 Å². The predicted molar refractivity (Wildman–Crippen MR) is 130 cm³/mol. The molecule has 2 atom stereocenters. The van der Waals surface area contributed by atoms with Gasteiger partial charge in [0.05, 0.1) is 25.0 Å².